The van der Waals surface area contributed by atoms with Crippen LogP contribution in [0.2, 0.25) is 0 Å². The van der Waals surface area contributed by atoms with Crippen molar-refractivity contribution in [2.24, 2.45) is 0 Å². The van der Waals surface area contributed by atoms with Gasteiger partial charge in [0.05, 0.1) is 0 Å². The van der Waals surface area contributed by atoms with E-state index in [1.165, 1.54) is 33.4 Å². The third-order valence-corrected chi connectivity index (χ3v) is 6.30. The van der Waals surface area contributed by atoms with Crippen molar-refractivity contribution in [3.8, 4) is 12.8 Å². The summed E-state index contributed by atoms with van der Waals surface area (Å²) in [7, 11) is 0. The number of benzene rings is 2. The van der Waals surface area contributed by atoms with Crippen LogP contribution in [0.15, 0.2) is 33.2 Å². The van der Waals surface area contributed by atoms with Crippen LogP contribution in [0.1, 0.15) is 61.1 Å². The predicted molar refractivity (Wildman–Crippen MR) is 121 cm³/mol. The lowest BCUT2D eigenvalue weighted by Gasteiger charge is -2.28. The van der Waals surface area contributed by atoms with Gasteiger partial charge in [0.2, 0.25) is 0 Å². The first-order chi connectivity index (χ1) is 11.6. The Morgan fingerprint density at radius 2 is 1.00 bits per heavy atom. The third kappa shape index (κ3) is 5.47. The van der Waals surface area contributed by atoms with Crippen LogP contribution in [0.3, 0.4) is 0 Å². The van der Waals surface area contributed by atoms with Gasteiger partial charge in [-0.25, -0.2) is 0 Å². The fourth-order valence-corrected chi connectivity index (χ4v) is 3.76. The Balaban J connectivity index is 0.00000134. The normalized spacial score (nSPS) is 10.2. The highest BCUT2D eigenvalue weighted by Crippen LogP contribution is 2.37. The number of terminal acetylenes is 1. The van der Waals surface area contributed by atoms with Crippen molar-refractivity contribution in [1.82, 2.24) is 0 Å². The molecule has 0 saturated heterocycles. The van der Waals surface area contributed by atoms with Crippen molar-refractivity contribution in [2.75, 3.05) is 0 Å². The highest BCUT2D eigenvalue weighted by molar-refractivity contribution is 9.11. The Morgan fingerprint density at radius 1 is 0.680 bits per heavy atom. The average Bonchev–Trinajstić information content (AvgIpc) is 2.60. The number of rotatable bonds is 2. The first kappa shape index (κ1) is 24.0. The maximum atomic E-state index is 4.00. The van der Waals surface area contributed by atoms with Crippen molar-refractivity contribution >= 4 is 31.9 Å². The molecule has 0 aliphatic carbocycles. The molecule has 0 aliphatic rings. The van der Waals surface area contributed by atoms with Gasteiger partial charge in [-0.05, 0) is 73.2 Å². The molecular weight excluding hydrogens is 436 g/mol. The van der Waals surface area contributed by atoms with Gasteiger partial charge in [0.25, 0.3) is 0 Å². The van der Waals surface area contributed by atoms with E-state index in [9.17, 15) is 0 Å². The van der Waals surface area contributed by atoms with Crippen LogP contribution in [0, 0.1) is 40.5 Å². The zero-order valence-corrected chi connectivity index (χ0v) is 19.9. The molecule has 0 unspecified atom stereocenters. The fourth-order valence-electron chi connectivity index (χ4n) is 2.57. The summed E-state index contributed by atoms with van der Waals surface area (Å²) in [5, 5.41) is 0. The quantitative estimate of drug-likeness (QED) is 0.393. The summed E-state index contributed by atoms with van der Waals surface area (Å²) in [6.07, 6.45) is 8.00. The van der Waals surface area contributed by atoms with E-state index in [4.69, 9.17) is 0 Å². The number of hydrogen-bond acceptors (Lipinski definition) is 0. The van der Waals surface area contributed by atoms with E-state index < -0.39 is 0 Å². The molecule has 2 heteroatoms. The largest absolute Gasteiger partial charge is 0.124 e. The van der Waals surface area contributed by atoms with Gasteiger partial charge in [-0.3, -0.25) is 0 Å². The molecule has 0 radical (unpaired) electrons. The average molecular weight is 466 g/mol. The van der Waals surface area contributed by atoms with Gasteiger partial charge in [-0.2, -0.15) is 0 Å². The molecule has 25 heavy (non-hydrogen) atoms. The smallest absolute Gasteiger partial charge is 0.0218 e. The molecule has 0 amide bonds. The molecule has 136 valence electrons. The second-order valence-corrected chi connectivity index (χ2v) is 8.13. The van der Waals surface area contributed by atoms with Gasteiger partial charge in [0.1, 0.15) is 0 Å². The first-order valence-electron chi connectivity index (χ1n) is 8.52. The van der Waals surface area contributed by atoms with E-state index in [0.717, 1.165) is 8.95 Å². The summed E-state index contributed by atoms with van der Waals surface area (Å²) in [5.74, 6) is 0. The molecule has 0 aliphatic heterocycles. The van der Waals surface area contributed by atoms with Crippen LogP contribution in [0.25, 0.3) is 0 Å². The molecule has 0 N–H and O–H groups in total. The summed E-state index contributed by atoms with van der Waals surface area (Å²) in [5.41, 5.74) is 8.01. The summed E-state index contributed by atoms with van der Waals surface area (Å²) in [6.45, 7) is 17.3. The lowest BCUT2D eigenvalue weighted by atomic mass is 9.76. The summed E-state index contributed by atoms with van der Waals surface area (Å²) < 4.78 is 2.31. The summed E-state index contributed by atoms with van der Waals surface area (Å²) in [6, 6.07) is 9.13. The minimum Gasteiger partial charge on any atom is -0.124 e. The van der Waals surface area contributed by atoms with E-state index in [2.05, 4.69) is 111 Å². The fraction of sp³-hybridized carbons (Fsp3) is 0.391. The molecular formula is C23H30Br2. The van der Waals surface area contributed by atoms with E-state index in [-0.39, 0.29) is 5.41 Å². The molecule has 0 heterocycles. The van der Waals surface area contributed by atoms with Crippen molar-refractivity contribution in [2.45, 2.75) is 60.8 Å². The van der Waals surface area contributed by atoms with Crippen LogP contribution in [0.5, 0.6) is 0 Å². The molecule has 0 aromatic heterocycles. The maximum absolute atomic E-state index is 4.00. The molecule has 0 spiro atoms. The topological polar surface area (TPSA) is 0 Å². The Morgan fingerprint density at radius 3 is 1.36 bits per heavy atom. The zero-order valence-electron chi connectivity index (χ0n) is 16.7. The van der Waals surface area contributed by atoms with Crippen molar-refractivity contribution < 1.29 is 0 Å². The van der Waals surface area contributed by atoms with Crippen LogP contribution >= 0.6 is 31.9 Å². The van der Waals surface area contributed by atoms with Crippen molar-refractivity contribution in [3.05, 3.63) is 66.6 Å². The minimum absolute atomic E-state index is 0.0258. The molecule has 2 aromatic rings. The van der Waals surface area contributed by atoms with Crippen molar-refractivity contribution in [1.29, 1.82) is 0 Å². The Labute approximate surface area is 171 Å². The zero-order chi connectivity index (χ0) is 19.9. The van der Waals surface area contributed by atoms with Gasteiger partial charge < -0.3 is 0 Å². The van der Waals surface area contributed by atoms with E-state index >= 15 is 0 Å². The second kappa shape index (κ2) is 10.2. The molecule has 0 saturated carbocycles. The number of halogens is 2. The highest BCUT2D eigenvalue weighted by Gasteiger charge is 2.25. The highest BCUT2D eigenvalue weighted by atomic mass is 79.9. The van der Waals surface area contributed by atoms with Crippen molar-refractivity contribution in [3.63, 3.8) is 0 Å². The van der Waals surface area contributed by atoms with Crippen LogP contribution in [-0.2, 0) is 5.41 Å². The molecule has 0 bridgehead atoms. The molecule has 2 aromatic carbocycles. The maximum Gasteiger partial charge on any atom is 0.0218 e. The van der Waals surface area contributed by atoms with Gasteiger partial charge in [0.15, 0.2) is 0 Å². The second-order valence-electron chi connectivity index (χ2n) is 6.42. The van der Waals surface area contributed by atoms with Gasteiger partial charge in [0, 0.05) is 14.4 Å². The Bertz CT molecular complexity index is 631. The van der Waals surface area contributed by atoms with Crippen LogP contribution < -0.4 is 0 Å². The minimum atomic E-state index is -0.0258. The van der Waals surface area contributed by atoms with Gasteiger partial charge in [-0.1, -0.05) is 71.7 Å². The van der Waals surface area contributed by atoms with Gasteiger partial charge in [-0.15, -0.1) is 12.8 Å². The molecule has 0 fully saturated rings. The lowest BCUT2D eigenvalue weighted by molar-refractivity contribution is 0.638. The monoisotopic (exact) mass is 464 g/mol. The number of aryl methyl sites for hydroxylation is 2. The predicted octanol–water partition coefficient (Wildman–Crippen LogP) is 8.05. The molecule has 2 rings (SSSR count). The summed E-state index contributed by atoms with van der Waals surface area (Å²) in [4.78, 5) is 0. The number of hydrogen-bond donors (Lipinski definition) is 0. The first-order valence-corrected chi connectivity index (χ1v) is 10.1. The standard InChI is InChI=1S/C19H22Br2.C2H6.C2H2/c1-11-7-15(8-12(2)13(11)3)19(5,6)16-9-17(20)14(4)18(21)10-16;2*1-2/h7-10H,1-6H3;1-2H3;1-2H. The lowest BCUT2D eigenvalue weighted by Crippen LogP contribution is -2.20. The molecule has 0 nitrogen and oxygen atoms in total. The molecule has 0 atom stereocenters. The van der Waals surface area contributed by atoms with E-state index in [0.29, 0.717) is 0 Å². The van der Waals surface area contributed by atoms with E-state index in [1.54, 1.807) is 0 Å². The van der Waals surface area contributed by atoms with E-state index in [1.807, 2.05) is 13.8 Å². The summed E-state index contributed by atoms with van der Waals surface area (Å²) >= 11 is 7.34. The van der Waals surface area contributed by atoms with Crippen LogP contribution in [0.4, 0.5) is 0 Å². The SMILES string of the molecule is C#C.CC.Cc1cc(C(C)(C)c2cc(Br)c(C)c(Br)c2)cc(C)c1C. The van der Waals surface area contributed by atoms with Gasteiger partial charge >= 0.3 is 0 Å². The van der Waals surface area contributed by atoms with Crippen LogP contribution in [-0.4, -0.2) is 0 Å². The Hall–Kier alpha value is -1.04. The third-order valence-electron chi connectivity index (χ3n) is 4.65. The Kier molecular flexibility index (Phi) is 9.77.